The number of halogens is 1. The summed E-state index contributed by atoms with van der Waals surface area (Å²) in [5, 5.41) is 15.1. The van der Waals surface area contributed by atoms with Crippen molar-refractivity contribution in [3.63, 3.8) is 0 Å². The van der Waals surface area contributed by atoms with E-state index >= 15 is 0 Å². The molecule has 0 saturated heterocycles. The van der Waals surface area contributed by atoms with Crippen molar-refractivity contribution < 1.29 is 4.79 Å². The number of aromatic nitrogens is 3. The maximum absolute atomic E-state index is 12.5. The van der Waals surface area contributed by atoms with E-state index in [0.29, 0.717) is 22.5 Å². The number of nitrogens with one attached hydrogen (secondary N) is 1. The van der Waals surface area contributed by atoms with Gasteiger partial charge in [0, 0.05) is 22.8 Å². The second-order valence-electron chi connectivity index (χ2n) is 6.61. The van der Waals surface area contributed by atoms with Crippen LogP contribution in [0, 0.1) is 0 Å². The largest absolute Gasteiger partial charge is 0.325 e. The minimum Gasteiger partial charge on any atom is -0.325 e. The van der Waals surface area contributed by atoms with E-state index < -0.39 is 0 Å². The van der Waals surface area contributed by atoms with Gasteiger partial charge in [-0.05, 0) is 47.2 Å². The van der Waals surface area contributed by atoms with E-state index in [-0.39, 0.29) is 11.7 Å². The van der Waals surface area contributed by atoms with Crippen LogP contribution in [0.4, 0.5) is 5.69 Å². The lowest BCUT2D eigenvalue weighted by Crippen LogP contribution is -2.14. The number of benzene rings is 3. The Labute approximate surface area is 183 Å². The number of allylic oxidation sites excluding steroid dienone is 1. The monoisotopic (exact) mass is 434 g/mol. The highest BCUT2D eigenvalue weighted by Gasteiger charge is 2.15. The summed E-state index contributed by atoms with van der Waals surface area (Å²) in [6, 6.07) is 21.3. The summed E-state index contributed by atoms with van der Waals surface area (Å²) >= 11 is 7.32. The van der Waals surface area contributed by atoms with Crippen molar-refractivity contribution in [1.29, 1.82) is 0 Å². The molecule has 5 nitrogen and oxygen atoms in total. The van der Waals surface area contributed by atoms with E-state index in [9.17, 15) is 4.79 Å². The van der Waals surface area contributed by atoms with E-state index in [1.807, 2.05) is 71.3 Å². The van der Waals surface area contributed by atoms with Gasteiger partial charge in [-0.2, -0.15) is 0 Å². The van der Waals surface area contributed by atoms with Gasteiger partial charge in [0.25, 0.3) is 0 Å². The first-order chi connectivity index (χ1) is 14.6. The highest BCUT2D eigenvalue weighted by atomic mass is 35.5. The standard InChI is InChI=1S/C23H19ClN4OS/c1-2-13-28-22(17-7-10-19(24)11-8-17)26-27-23(28)30-15-21(29)25-20-12-9-16-5-3-4-6-18(16)14-20/h2-12,14H,1,13,15H2,(H,25,29). The Morgan fingerprint density at radius 1 is 1.07 bits per heavy atom. The Bertz CT molecular complexity index is 1200. The number of amides is 1. The molecule has 0 unspecified atom stereocenters. The SMILES string of the molecule is C=CCn1c(SCC(=O)Nc2ccc3ccccc3c2)nnc1-c1ccc(Cl)cc1. The zero-order valence-electron chi connectivity index (χ0n) is 16.1. The van der Waals surface area contributed by atoms with Crippen molar-refractivity contribution in [2.24, 2.45) is 0 Å². The van der Waals surface area contributed by atoms with Crippen LogP contribution in [-0.4, -0.2) is 26.4 Å². The van der Waals surface area contributed by atoms with E-state index in [4.69, 9.17) is 11.6 Å². The number of carbonyl (C=O) groups is 1. The Balaban J connectivity index is 1.46. The number of hydrogen-bond acceptors (Lipinski definition) is 4. The van der Waals surface area contributed by atoms with Gasteiger partial charge >= 0.3 is 0 Å². The van der Waals surface area contributed by atoms with E-state index in [2.05, 4.69) is 22.1 Å². The molecule has 0 radical (unpaired) electrons. The van der Waals surface area contributed by atoms with Crippen LogP contribution in [0.1, 0.15) is 0 Å². The average molecular weight is 435 g/mol. The highest BCUT2D eigenvalue weighted by Crippen LogP contribution is 2.26. The molecule has 1 N–H and O–H groups in total. The van der Waals surface area contributed by atoms with Crippen LogP contribution in [0.25, 0.3) is 22.2 Å². The zero-order chi connectivity index (χ0) is 20.9. The van der Waals surface area contributed by atoms with Crippen LogP contribution in [0.5, 0.6) is 0 Å². The number of hydrogen-bond donors (Lipinski definition) is 1. The number of anilines is 1. The molecule has 0 bridgehead atoms. The second kappa shape index (κ2) is 9.15. The first-order valence-electron chi connectivity index (χ1n) is 9.35. The molecule has 0 fully saturated rings. The topological polar surface area (TPSA) is 59.8 Å². The molecule has 30 heavy (non-hydrogen) atoms. The minimum absolute atomic E-state index is 0.100. The van der Waals surface area contributed by atoms with E-state index in [1.54, 1.807) is 6.08 Å². The van der Waals surface area contributed by atoms with Crippen molar-refractivity contribution in [1.82, 2.24) is 14.8 Å². The molecule has 0 aliphatic heterocycles. The van der Waals surface area contributed by atoms with Gasteiger partial charge < -0.3 is 5.32 Å². The smallest absolute Gasteiger partial charge is 0.234 e. The zero-order valence-corrected chi connectivity index (χ0v) is 17.7. The van der Waals surface area contributed by atoms with Crippen LogP contribution in [-0.2, 0) is 11.3 Å². The predicted molar refractivity (Wildman–Crippen MR) is 124 cm³/mol. The molecule has 0 aliphatic rings. The fraction of sp³-hybridized carbons (Fsp3) is 0.0870. The Morgan fingerprint density at radius 2 is 1.83 bits per heavy atom. The van der Waals surface area contributed by atoms with Gasteiger partial charge in [-0.25, -0.2) is 0 Å². The van der Waals surface area contributed by atoms with Crippen LogP contribution in [0.2, 0.25) is 5.02 Å². The third kappa shape index (κ3) is 4.56. The summed E-state index contributed by atoms with van der Waals surface area (Å²) in [7, 11) is 0. The lowest BCUT2D eigenvalue weighted by Gasteiger charge is -2.09. The highest BCUT2D eigenvalue weighted by molar-refractivity contribution is 7.99. The normalized spacial score (nSPS) is 10.8. The molecule has 4 aromatic rings. The first-order valence-corrected chi connectivity index (χ1v) is 10.7. The van der Waals surface area contributed by atoms with Gasteiger partial charge in [0.2, 0.25) is 5.91 Å². The molecular weight excluding hydrogens is 416 g/mol. The number of carbonyl (C=O) groups excluding carboxylic acids is 1. The fourth-order valence-corrected chi connectivity index (χ4v) is 3.97. The lowest BCUT2D eigenvalue weighted by molar-refractivity contribution is -0.113. The van der Waals surface area contributed by atoms with Crippen molar-refractivity contribution in [3.05, 3.63) is 84.4 Å². The molecule has 7 heteroatoms. The van der Waals surface area contributed by atoms with Gasteiger partial charge in [-0.3, -0.25) is 9.36 Å². The Hall–Kier alpha value is -3.09. The molecule has 4 rings (SSSR count). The minimum atomic E-state index is -0.100. The molecule has 1 aromatic heterocycles. The summed E-state index contributed by atoms with van der Waals surface area (Å²) < 4.78 is 1.93. The van der Waals surface area contributed by atoms with Crippen molar-refractivity contribution in [2.45, 2.75) is 11.7 Å². The third-order valence-electron chi connectivity index (χ3n) is 4.50. The van der Waals surface area contributed by atoms with Gasteiger partial charge in [0.05, 0.1) is 5.75 Å². The summed E-state index contributed by atoms with van der Waals surface area (Å²) in [6.45, 7) is 4.36. The van der Waals surface area contributed by atoms with Crippen molar-refractivity contribution in [3.8, 4) is 11.4 Å². The van der Waals surface area contributed by atoms with Crippen LogP contribution >= 0.6 is 23.4 Å². The molecule has 0 atom stereocenters. The van der Waals surface area contributed by atoms with Gasteiger partial charge in [-0.15, -0.1) is 16.8 Å². The first kappa shape index (κ1) is 20.2. The van der Waals surface area contributed by atoms with Crippen molar-refractivity contribution in [2.75, 3.05) is 11.1 Å². The summed E-state index contributed by atoms with van der Waals surface area (Å²) in [5.74, 6) is 0.836. The number of thioether (sulfide) groups is 1. The third-order valence-corrected chi connectivity index (χ3v) is 5.72. The summed E-state index contributed by atoms with van der Waals surface area (Å²) in [6.07, 6.45) is 1.78. The molecule has 1 heterocycles. The maximum Gasteiger partial charge on any atom is 0.234 e. The molecule has 0 spiro atoms. The molecule has 1 amide bonds. The quantitative estimate of drug-likeness (QED) is 0.301. The van der Waals surface area contributed by atoms with Gasteiger partial charge in [-0.1, -0.05) is 59.8 Å². The molecule has 3 aromatic carbocycles. The maximum atomic E-state index is 12.5. The summed E-state index contributed by atoms with van der Waals surface area (Å²) in [4.78, 5) is 12.5. The van der Waals surface area contributed by atoms with E-state index in [1.165, 1.54) is 11.8 Å². The fourth-order valence-electron chi connectivity index (χ4n) is 3.10. The molecule has 0 aliphatic carbocycles. The lowest BCUT2D eigenvalue weighted by atomic mass is 10.1. The number of rotatable bonds is 7. The average Bonchev–Trinajstić information content (AvgIpc) is 3.15. The Morgan fingerprint density at radius 3 is 2.60 bits per heavy atom. The van der Waals surface area contributed by atoms with Gasteiger partial charge in [0.1, 0.15) is 0 Å². The van der Waals surface area contributed by atoms with Crippen LogP contribution in [0.15, 0.2) is 84.5 Å². The molecular formula is C23H19ClN4OS. The van der Waals surface area contributed by atoms with Gasteiger partial charge in [0.15, 0.2) is 11.0 Å². The number of nitrogens with zero attached hydrogens (tertiary/aromatic N) is 3. The summed E-state index contributed by atoms with van der Waals surface area (Å²) in [5.41, 5.74) is 1.68. The number of fused-ring (bicyclic) bond motifs is 1. The van der Waals surface area contributed by atoms with Crippen LogP contribution < -0.4 is 5.32 Å². The van der Waals surface area contributed by atoms with Crippen LogP contribution in [0.3, 0.4) is 0 Å². The molecule has 0 saturated carbocycles. The van der Waals surface area contributed by atoms with E-state index in [0.717, 1.165) is 22.0 Å². The Kier molecular flexibility index (Phi) is 6.16. The van der Waals surface area contributed by atoms with Crippen molar-refractivity contribution >= 4 is 45.7 Å². The molecule has 150 valence electrons. The second-order valence-corrected chi connectivity index (χ2v) is 7.99. The predicted octanol–water partition coefficient (Wildman–Crippen LogP) is 5.67.